The van der Waals surface area contributed by atoms with Crippen LogP contribution in [0.25, 0.3) is 5.65 Å². The zero-order valence-electron chi connectivity index (χ0n) is 17.0. The summed E-state index contributed by atoms with van der Waals surface area (Å²) in [7, 11) is 0. The molecule has 5 heterocycles. The number of rotatable bonds is 3. The van der Waals surface area contributed by atoms with Gasteiger partial charge in [0.15, 0.2) is 0 Å². The van der Waals surface area contributed by atoms with Crippen molar-refractivity contribution in [2.24, 2.45) is 0 Å². The maximum absolute atomic E-state index is 6.42. The Hall–Kier alpha value is -2.15. The molecule has 0 amide bonds. The average molecular weight is 423 g/mol. The third-order valence-corrected chi connectivity index (χ3v) is 7.22. The summed E-state index contributed by atoms with van der Waals surface area (Å²) in [5.41, 5.74) is 3.43. The molecular formula is C23H27ClN6. The molecule has 30 heavy (non-hydrogen) atoms. The van der Waals surface area contributed by atoms with Gasteiger partial charge in [-0.3, -0.25) is 9.38 Å². The minimum absolute atomic E-state index is 0.171. The van der Waals surface area contributed by atoms with Crippen LogP contribution in [0.4, 0.5) is 5.82 Å². The summed E-state index contributed by atoms with van der Waals surface area (Å²) in [5, 5.41) is 8.21. The first-order chi connectivity index (χ1) is 14.7. The van der Waals surface area contributed by atoms with Gasteiger partial charge in [-0.1, -0.05) is 17.7 Å². The lowest BCUT2D eigenvalue weighted by atomic mass is 9.94. The van der Waals surface area contributed by atoms with Crippen LogP contribution in [0.3, 0.4) is 0 Å². The summed E-state index contributed by atoms with van der Waals surface area (Å²) in [6.07, 6.45) is 9.90. The molecule has 3 aliphatic rings. The Balaban J connectivity index is 1.29. The van der Waals surface area contributed by atoms with Crippen LogP contribution in [0.5, 0.6) is 0 Å². The number of pyridine rings is 2. The maximum atomic E-state index is 6.42. The molecule has 1 spiro atoms. The summed E-state index contributed by atoms with van der Waals surface area (Å²) in [6, 6.07) is 10.7. The Morgan fingerprint density at radius 1 is 1.10 bits per heavy atom. The lowest BCUT2D eigenvalue weighted by Gasteiger charge is -2.35. The quantitative estimate of drug-likeness (QED) is 0.670. The van der Waals surface area contributed by atoms with Crippen molar-refractivity contribution in [2.45, 2.75) is 49.7 Å². The predicted molar refractivity (Wildman–Crippen MR) is 119 cm³/mol. The van der Waals surface area contributed by atoms with Crippen molar-refractivity contribution in [3.05, 3.63) is 59.1 Å². The van der Waals surface area contributed by atoms with Gasteiger partial charge in [0.25, 0.3) is 0 Å². The molecule has 7 heteroatoms. The second-order valence-corrected chi connectivity index (χ2v) is 9.39. The van der Waals surface area contributed by atoms with E-state index in [1.54, 1.807) is 0 Å². The first kappa shape index (κ1) is 18.6. The first-order valence-electron chi connectivity index (χ1n) is 11.1. The molecule has 2 N–H and O–H groups in total. The molecule has 3 fully saturated rings. The molecule has 6 rings (SSSR count). The second kappa shape index (κ2) is 7.22. The van der Waals surface area contributed by atoms with Crippen molar-refractivity contribution >= 4 is 23.1 Å². The second-order valence-electron chi connectivity index (χ2n) is 8.98. The molecule has 0 unspecified atom stereocenters. The fraction of sp³-hybridized carbons (Fsp3) is 0.478. The van der Waals surface area contributed by atoms with Crippen molar-refractivity contribution in [2.75, 3.05) is 24.5 Å². The number of hydrogen-bond donors (Lipinski definition) is 2. The van der Waals surface area contributed by atoms with Crippen LogP contribution < -0.4 is 15.5 Å². The van der Waals surface area contributed by atoms with Gasteiger partial charge in [-0.25, -0.2) is 4.98 Å². The Bertz CT molecular complexity index is 1070. The minimum Gasteiger partial charge on any atom is -0.355 e. The monoisotopic (exact) mass is 422 g/mol. The SMILES string of the molecule is Clc1cccnc1[C@@H]1CCC[C@H](c2cn3c(N4CCNC5(CC5)C4)cccc3n2)N1. The number of fused-ring (bicyclic) bond motifs is 1. The highest BCUT2D eigenvalue weighted by Gasteiger charge is 2.45. The summed E-state index contributed by atoms with van der Waals surface area (Å²) >= 11 is 6.42. The van der Waals surface area contributed by atoms with Gasteiger partial charge in [0.1, 0.15) is 11.5 Å². The molecule has 1 saturated carbocycles. The number of piperazine rings is 1. The van der Waals surface area contributed by atoms with Crippen LogP contribution in [0.2, 0.25) is 5.02 Å². The lowest BCUT2D eigenvalue weighted by Crippen LogP contribution is -2.53. The molecule has 2 saturated heterocycles. The van der Waals surface area contributed by atoms with E-state index in [-0.39, 0.29) is 12.1 Å². The van der Waals surface area contributed by atoms with Gasteiger partial charge in [-0.2, -0.15) is 0 Å². The Morgan fingerprint density at radius 2 is 2.00 bits per heavy atom. The number of aromatic nitrogens is 3. The standard InChI is InChI=1S/C23H27ClN6/c24-16-4-3-11-25-22(16)18-6-1-5-17(27-18)19-14-30-20(28-19)7-2-8-21(30)29-13-12-26-23(15-29)9-10-23/h2-4,7-8,11,14,17-18,26-27H,1,5-6,9-10,12-13,15H2/t17-,18+/m1/s1. The predicted octanol–water partition coefficient (Wildman–Crippen LogP) is 3.88. The molecule has 0 bridgehead atoms. The number of halogens is 1. The minimum atomic E-state index is 0.171. The Kier molecular flexibility index (Phi) is 4.48. The van der Waals surface area contributed by atoms with Gasteiger partial charge < -0.3 is 15.5 Å². The van der Waals surface area contributed by atoms with E-state index in [9.17, 15) is 0 Å². The average Bonchev–Trinajstić information content (AvgIpc) is 3.36. The van der Waals surface area contributed by atoms with E-state index in [1.165, 1.54) is 18.7 Å². The van der Waals surface area contributed by atoms with Gasteiger partial charge in [0.2, 0.25) is 0 Å². The summed E-state index contributed by atoms with van der Waals surface area (Å²) in [5.74, 6) is 1.25. The van der Waals surface area contributed by atoms with Crippen LogP contribution in [0.1, 0.15) is 55.6 Å². The Morgan fingerprint density at radius 3 is 2.87 bits per heavy atom. The fourth-order valence-electron chi connectivity index (χ4n) is 5.12. The van der Waals surface area contributed by atoms with Gasteiger partial charge in [-0.05, 0) is 56.4 Å². The summed E-state index contributed by atoms with van der Waals surface area (Å²) in [6.45, 7) is 3.17. The third kappa shape index (κ3) is 3.27. The van der Waals surface area contributed by atoms with Crippen molar-refractivity contribution in [3.63, 3.8) is 0 Å². The number of piperidine rings is 1. The number of anilines is 1. The van der Waals surface area contributed by atoms with Crippen LogP contribution in [0, 0.1) is 0 Å². The number of nitrogens with one attached hydrogen (secondary N) is 2. The van der Waals surface area contributed by atoms with Crippen LogP contribution in [0.15, 0.2) is 42.7 Å². The topological polar surface area (TPSA) is 57.5 Å². The maximum Gasteiger partial charge on any atom is 0.138 e. The van der Waals surface area contributed by atoms with Gasteiger partial charge in [0.05, 0.1) is 28.5 Å². The molecule has 2 atom stereocenters. The summed E-state index contributed by atoms with van der Waals surface area (Å²) in [4.78, 5) is 12.1. The van der Waals surface area contributed by atoms with Gasteiger partial charge in [0, 0.05) is 37.6 Å². The zero-order chi connectivity index (χ0) is 20.1. The molecule has 2 aliphatic heterocycles. The Labute approximate surface area is 181 Å². The van der Waals surface area contributed by atoms with E-state index in [0.29, 0.717) is 5.54 Å². The summed E-state index contributed by atoms with van der Waals surface area (Å²) < 4.78 is 2.27. The van der Waals surface area contributed by atoms with Crippen LogP contribution >= 0.6 is 11.6 Å². The van der Waals surface area contributed by atoms with Crippen LogP contribution in [-0.4, -0.2) is 39.5 Å². The van der Waals surface area contributed by atoms with E-state index in [4.69, 9.17) is 16.6 Å². The smallest absolute Gasteiger partial charge is 0.138 e. The molecule has 3 aromatic heterocycles. The highest BCUT2D eigenvalue weighted by atomic mass is 35.5. The molecule has 6 nitrogen and oxygen atoms in total. The lowest BCUT2D eigenvalue weighted by molar-refractivity contribution is 0.322. The molecule has 3 aromatic rings. The number of hydrogen-bond acceptors (Lipinski definition) is 5. The normalized spacial score (nSPS) is 25.7. The van der Waals surface area contributed by atoms with Crippen molar-refractivity contribution in [1.82, 2.24) is 25.0 Å². The highest BCUT2D eigenvalue weighted by molar-refractivity contribution is 6.31. The van der Waals surface area contributed by atoms with Crippen molar-refractivity contribution in [3.8, 4) is 0 Å². The first-order valence-corrected chi connectivity index (χ1v) is 11.4. The van der Waals surface area contributed by atoms with Gasteiger partial charge >= 0.3 is 0 Å². The fourth-order valence-corrected chi connectivity index (χ4v) is 5.37. The van der Waals surface area contributed by atoms with E-state index in [1.807, 2.05) is 18.3 Å². The largest absolute Gasteiger partial charge is 0.355 e. The van der Waals surface area contributed by atoms with Gasteiger partial charge in [-0.15, -0.1) is 0 Å². The molecule has 0 radical (unpaired) electrons. The van der Waals surface area contributed by atoms with Crippen molar-refractivity contribution in [1.29, 1.82) is 0 Å². The molecular weight excluding hydrogens is 396 g/mol. The van der Waals surface area contributed by atoms with E-state index in [0.717, 1.165) is 61.0 Å². The molecule has 0 aromatic carbocycles. The van der Waals surface area contributed by atoms with E-state index >= 15 is 0 Å². The van der Waals surface area contributed by atoms with E-state index < -0.39 is 0 Å². The third-order valence-electron chi connectivity index (χ3n) is 6.90. The molecule has 1 aliphatic carbocycles. The number of nitrogens with zero attached hydrogens (tertiary/aromatic N) is 4. The van der Waals surface area contributed by atoms with E-state index in [2.05, 4.69) is 49.3 Å². The highest BCUT2D eigenvalue weighted by Crippen LogP contribution is 2.39. The number of imidazole rings is 1. The van der Waals surface area contributed by atoms with Crippen LogP contribution in [-0.2, 0) is 0 Å². The molecule has 156 valence electrons. The van der Waals surface area contributed by atoms with Crippen molar-refractivity contribution < 1.29 is 0 Å². The zero-order valence-corrected chi connectivity index (χ0v) is 17.8.